The number of fused-ring (bicyclic) bond motifs is 1. The molecule has 0 aliphatic carbocycles. The summed E-state index contributed by atoms with van der Waals surface area (Å²) < 4.78 is 2.28. The Hall–Kier alpha value is -1.39. The Bertz CT molecular complexity index is 564. The molecule has 0 amide bonds. The van der Waals surface area contributed by atoms with Crippen molar-refractivity contribution < 1.29 is 5.11 Å². The van der Waals surface area contributed by atoms with Crippen LogP contribution in [0.5, 0.6) is 0 Å². The molecule has 0 aliphatic heterocycles. The average Bonchev–Trinajstić information content (AvgIpc) is 2.83. The summed E-state index contributed by atoms with van der Waals surface area (Å²) in [4.78, 5) is 4.68. The van der Waals surface area contributed by atoms with Gasteiger partial charge in [0.25, 0.3) is 0 Å². The highest BCUT2D eigenvalue weighted by molar-refractivity contribution is 5.75. The number of hydrogen-bond acceptors (Lipinski definition) is 3. The molecule has 0 bridgehead atoms. The van der Waals surface area contributed by atoms with Crippen molar-refractivity contribution in [1.82, 2.24) is 14.9 Å². The fraction of sp³-hybridized carbons (Fsp3) is 0.562. The molecule has 0 fully saturated rings. The highest BCUT2D eigenvalue weighted by Crippen LogP contribution is 2.19. The number of likely N-dealkylation sites (N-methyl/N-ethyl adjacent to an activating group) is 1. The number of benzene rings is 1. The molecule has 4 nitrogen and oxygen atoms in total. The molecular weight excluding hydrogens is 250 g/mol. The number of aliphatic hydroxyl groups excluding tert-OH is 1. The smallest absolute Gasteiger partial charge is 0.109 e. The first-order chi connectivity index (χ1) is 9.63. The SMILES string of the molecule is CCNC(C)(CO)CCn1c(CC)nc2ccccc21. The zero-order valence-corrected chi connectivity index (χ0v) is 12.7. The summed E-state index contributed by atoms with van der Waals surface area (Å²) in [6.07, 6.45) is 1.80. The van der Waals surface area contributed by atoms with Crippen molar-refractivity contribution in [1.29, 1.82) is 0 Å². The van der Waals surface area contributed by atoms with Crippen LogP contribution in [0.3, 0.4) is 0 Å². The van der Waals surface area contributed by atoms with Crippen LogP contribution >= 0.6 is 0 Å². The molecule has 1 atom stereocenters. The lowest BCUT2D eigenvalue weighted by molar-refractivity contribution is 0.163. The third-order valence-corrected chi connectivity index (χ3v) is 3.89. The second-order valence-corrected chi connectivity index (χ2v) is 5.52. The molecular formula is C16H25N3O. The van der Waals surface area contributed by atoms with E-state index >= 15 is 0 Å². The lowest BCUT2D eigenvalue weighted by Crippen LogP contribution is -2.46. The van der Waals surface area contributed by atoms with Gasteiger partial charge in [0.15, 0.2) is 0 Å². The van der Waals surface area contributed by atoms with Gasteiger partial charge in [-0.25, -0.2) is 4.98 Å². The summed E-state index contributed by atoms with van der Waals surface area (Å²) in [6, 6.07) is 8.25. The summed E-state index contributed by atoms with van der Waals surface area (Å²) in [5.74, 6) is 1.11. The Kier molecular flexibility index (Phi) is 4.78. The molecule has 0 aliphatic rings. The van der Waals surface area contributed by atoms with E-state index in [2.05, 4.69) is 53.8 Å². The Morgan fingerprint density at radius 2 is 2.05 bits per heavy atom. The van der Waals surface area contributed by atoms with Crippen LogP contribution in [0.25, 0.3) is 11.0 Å². The van der Waals surface area contributed by atoms with E-state index in [-0.39, 0.29) is 12.1 Å². The number of aliphatic hydroxyl groups is 1. The van der Waals surface area contributed by atoms with Gasteiger partial charge in [-0.05, 0) is 32.0 Å². The maximum absolute atomic E-state index is 9.60. The van der Waals surface area contributed by atoms with Gasteiger partial charge in [-0.15, -0.1) is 0 Å². The predicted octanol–water partition coefficient (Wildman–Crippen LogP) is 2.35. The first kappa shape index (κ1) is 15.0. The molecule has 0 spiro atoms. The Labute approximate surface area is 120 Å². The number of hydrogen-bond donors (Lipinski definition) is 2. The van der Waals surface area contributed by atoms with Crippen LogP contribution in [0.2, 0.25) is 0 Å². The zero-order chi connectivity index (χ0) is 14.6. The molecule has 20 heavy (non-hydrogen) atoms. The maximum Gasteiger partial charge on any atom is 0.109 e. The van der Waals surface area contributed by atoms with Crippen LogP contribution < -0.4 is 5.32 Å². The summed E-state index contributed by atoms with van der Waals surface area (Å²) in [7, 11) is 0. The fourth-order valence-corrected chi connectivity index (χ4v) is 2.65. The molecule has 1 heterocycles. The highest BCUT2D eigenvalue weighted by Gasteiger charge is 2.22. The minimum Gasteiger partial charge on any atom is -0.394 e. The summed E-state index contributed by atoms with van der Waals surface area (Å²) >= 11 is 0. The Morgan fingerprint density at radius 3 is 2.70 bits per heavy atom. The Balaban J connectivity index is 2.24. The summed E-state index contributed by atoms with van der Waals surface area (Å²) in [5, 5.41) is 13.0. The maximum atomic E-state index is 9.60. The second kappa shape index (κ2) is 6.37. The van der Waals surface area contributed by atoms with Crippen LogP contribution in [0.1, 0.15) is 33.0 Å². The molecule has 0 radical (unpaired) electrons. The van der Waals surface area contributed by atoms with Gasteiger partial charge in [0, 0.05) is 18.5 Å². The van der Waals surface area contributed by atoms with Gasteiger partial charge in [-0.1, -0.05) is 26.0 Å². The van der Waals surface area contributed by atoms with Gasteiger partial charge in [-0.2, -0.15) is 0 Å². The van der Waals surface area contributed by atoms with E-state index in [4.69, 9.17) is 0 Å². The van der Waals surface area contributed by atoms with Gasteiger partial charge >= 0.3 is 0 Å². The zero-order valence-electron chi connectivity index (χ0n) is 12.7. The van der Waals surface area contributed by atoms with E-state index in [0.29, 0.717) is 0 Å². The van der Waals surface area contributed by atoms with Crippen LogP contribution in [0, 0.1) is 0 Å². The van der Waals surface area contributed by atoms with Gasteiger partial charge in [0.2, 0.25) is 0 Å². The van der Waals surface area contributed by atoms with Crippen molar-refractivity contribution >= 4 is 11.0 Å². The number of rotatable bonds is 7. The van der Waals surface area contributed by atoms with E-state index in [1.165, 1.54) is 5.52 Å². The van der Waals surface area contributed by atoms with Crippen molar-refractivity contribution in [2.75, 3.05) is 13.2 Å². The van der Waals surface area contributed by atoms with Crippen molar-refractivity contribution in [3.63, 3.8) is 0 Å². The number of aryl methyl sites for hydroxylation is 2. The van der Waals surface area contributed by atoms with Crippen molar-refractivity contribution in [3.8, 4) is 0 Å². The largest absolute Gasteiger partial charge is 0.394 e. The van der Waals surface area contributed by atoms with E-state index in [9.17, 15) is 5.11 Å². The number of aromatic nitrogens is 2. The van der Waals surface area contributed by atoms with Crippen LogP contribution in [-0.2, 0) is 13.0 Å². The summed E-state index contributed by atoms with van der Waals surface area (Å²) in [6.45, 7) is 8.15. The van der Waals surface area contributed by atoms with E-state index in [1.807, 2.05) is 6.07 Å². The molecule has 110 valence electrons. The van der Waals surface area contributed by atoms with Crippen molar-refractivity contribution in [2.45, 2.75) is 45.7 Å². The quantitative estimate of drug-likeness (QED) is 0.815. The van der Waals surface area contributed by atoms with E-state index < -0.39 is 0 Å². The standard InChI is InChI=1S/C16H25N3O/c1-4-15-18-13-8-6-7-9-14(13)19(15)11-10-16(3,12-20)17-5-2/h6-9,17,20H,4-5,10-12H2,1-3H3. The monoisotopic (exact) mass is 275 g/mol. The lowest BCUT2D eigenvalue weighted by Gasteiger charge is -2.28. The lowest BCUT2D eigenvalue weighted by atomic mass is 9.99. The molecule has 4 heteroatoms. The topological polar surface area (TPSA) is 50.1 Å². The molecule has 2 N–H and O–H groups in total. The first-order valence-electron chi connectivity index (χ1n) is 7.43. The first-order valence-corrected chi connectivity index (χ1v) is 7.43. The average molecular weight is 275 g/mol. The van der Waals surface area contributed by atoms with Crippen LogP contribution in [0.4, 0.5) is 0 Å². The molecule has 2 aromatic rings. The number of nitrogens with one attached hydrogen (secondary N) is 1. The minimum absolute atomic E-state index is 0.148. The Morgan fingerprint density at radius 1 is 1.30 bits per heavy atom. The number of imidazole rings is 1. The second-order valence-electron chi connectivity index (χ2n) is 5.52. The highest BCUT2D eigenvalue weighted by atomic mass is 16.3. The van der Waals surface area contributed by atoms with Crippen molar-refractivity contribution in [2.24, 2.45) is 0 Å². The van der Waals surface area contributed by atoms with Gasteiger partial charge in [0.05, 0.1) is 17.6 Å². The van der Waals surface area contributed by atoms with Crippen molar-refractivity contribution in [3.05, 3.63) is 30.1 Å². The van der Waals surface area contributed by atoms with E-state index in [0.717, 1.165) is 37.3 Å². The molecule has 1 unspecified atom stereocenters. The minimum atomic E-state index is -0.231. The normalized spacial score (nSPS) is 14.6. The predicted molar refractivity (Wildman–Crippen MR) is 82.9 cm³/mol. The van der Waals surface area contributed by atoms with Gasteiger partial charge in [0.1, 0.15) is 5.82 Å². The third-order valence-electron chi connectivity index (χ3n) is 3.89. The molecule has 2 rings (SSSR count). The molecule has 1 aromatic heterocycles. The van der Waals surface area contributed by atoms with Gasteiger partial charge in [-0.3, -0.25) is 0 Å². The van der Waals surface area contributed by atoms with Crippen LogP contribution in [-0.4, -0.2) is 33.3 Å². The molecule has 1 aromatic carbocycles. The third kappa shape index (κ3) is 3.02. The van der Waals surface area contributed by atoms with Crippen LogP contribution in [0.15, 0.2) is 24.3 Å². The number of nitrogens with zero attached hydrogens (tertiary/aromatic N) is 2. The molecule has 0 saturated heterocycles. The number of para-hydroxylation sites is 2. The molecule has 0 saturated carbocycles. The summed E-state index contributed by atoms with van der Waals surface area (Å²) in [5.41, 5.74) is 2.00. The van der Waals surface area contributed by atoms with E-state index in [1.54, 1.807) is 0 Å². The fourth-order valence-electron chi connectivity index (χ4n) is 2.65. The van der Waals surface area contributed by atoms with Gasteiger partial charge < -0.3 is 15.0 Å².